The van der Waals surface area contributed by atoms with Gasteiger partial charge < -0.3 is 15.6 Å². The average Bonchev–Trinajstić information content (AvgIpc) is 3.38. The van der Waals surface area contributed by atoms with Crippen LogP contribution in [0, 0.1) is 0 Å². The second-order valence-electron chi connectivity index (χ2n) is 8.62. The Hall–Kier alpha value is -2.83. The number of benzene rings is 1. The zero-order chi connectivity index (χ0) is 21.8. The molecule has 2 aromatic heterocycles. The largest absolute Gasteiger partial charge is 0.361 e. The van der Waals surface area contributed by atoms with Crippen LogP contribution in [0.4, 0.5) is 0 Å². The van der Waals surface area contributed by atoms with E-state index < -0.39 is 0 Å². The van der Waals surface area contributed by atoms with E-state index in [0.29, 0.717) is 12.0 Å². The van der Waals surface area contributed by atoms with E-state index in [1.54, 1.807) is 0 Å². The summed E-state index contributed by atoms with van der Waals surface area (Å²) in [5, 5.41) is 13.0. The number of para-hydroxylation sites is 1. The Kier molecular flexibility index (Phi) is 6.59. The molecule has 0 bridgehead atoms. The van der Waals surface area contributed by atoms with Crippen molar-refractivity contribution in [1.29, 1.82) is 0 Å². The van der Waals surface area contributed by atoms with E-state index in [1.807, 2.05) is 0 Å². The fourth-order valence-corrected chi connectivity index (χ4v) is 4.27. The number of rotatable bonds is 7. The highest BCUT2D eigenvalue weighted by Crippen LogP contribution is 2.22. The highest BCUT2D eigenvalue weighted by atomic mass is 15.4. The third kappa shape index (κ3) is 4.75. The lowest BCUT2D eigenvalue weighted by Crippen LogP contribution is -2.47. The van der Waals surface area contributed by atoms with Crippen LogP contribution in [0.1, 0.15) is 62.8 Å². The van der Waals surface area contributed by atoms with Gasteiger partial charge in [0.15, 0.2) is 11.8 Å². The maximum Gasteiger partial charge on any atom is 0.191 e. The molecule has 0 saturated carbocycles. The number of fused-ring (bicyclic) bond motifs is 2. The van der Waals surface area contributed by atoms with Crippen molar-refractivity contribution in [2.75, 3.05) is 13.1 Å². The van der Waals surface area contributed by atoms with Crippen molar-refractivity contribution in [3.8, 4) is 0 Å². The molecule has 166 valence electrons. The molecular formula is C24H35N7. The Morgan fingerprint density at radius 1 is 1.29 bits per heavy atom. The van der Waals surface area contributed by atoms with Gasteiger partial charge in [-0.05, 0) is 37.3 Å². The average molecular weight is 422 g/mol. The van der Waals surface area contributed by atoms with E-state index in [2.05, 4.69) is 72.4 Å². The van der Waals surface area contributed by atoms with Crippen LogP contribution in [-0.2, 0) is 25.8 Å². The van der Waals surface area contributed by atoms with Crippen LogP contribution in [0.3, 0.4) is 0 Å². The van der Waals surface area contributed by atoms with Crippen LogP contribution in [0.15, 0.2) is 29.4 Å². The van der Waals surface area contributed by atoms with Crippen molar-refractivity contribution in [3.63, 3.8) is 0 Å². The molecule has 0 fully saturated rings. The van der Waals surface area contributed by atoms with Gasteiger partial charge in [-0.25, -0.2) is 9.67 Å². The van der Waals surface area contributed by atoms with Crippen molar-refractivity contribution in [3.05, 3.63) is 47.2 Å². The number of hydrogen-bond donors (Lipinski definition) is 3. The number of hydrogen-bond acceptors (Lipinski definition) is 3. The van der Waals surface area contributed by atoms with E-state index in [1.165, 1.54) is 22.0 Å². The van der Waals surface area contributed by atoms with E-state index >= 15 is 0 Å². The van der Waals surface area contributed by atoms with Crippen LogP contribution >= 0.6 is 0 Å². The molecule has 0 spiro atoms. The minimum absolute atomic E-state index is 0.312. The number of aromatic nitrogens is 4. The summed E-state index contributed by atoms with van der Waals surface area (Å²) >= 11 is 0. The van der Waals surface area contributed by atoms with E-state index in [-0.39, 0.29) is 0 Å². The van der Waals surface area contributed by atoms with Crippen LogP contribution < -0.4 is 10.6 Å². The molecule has 1 aliphatic heterocycles. The first-order valence-corrected chi connectivity index (χ1v) is 11.6. The van der Waals surface area contributed by atoms with Gasteiger partial charge in [0.05, 0.1) is 6.54 Å². The molecule has 7 nitrogen and oxygen atoms in total. The smallest absolute Gasteiger partial charge is 0.191 e. The number of nitrogens with zero attached hydrogens (tertiary/aromatic N) is 4. The zero-order valence-corrected chi connectivity index (χ0v) is 19.2. The minimum atomic E-state index is 0.312. The minimum Gasteiger partial charge on any atom is -0.361 e. The summed E-state index contributed by atoms with van der Waals surface area (Å²) in [7, 11) is 0. The van der Waals surface area contributed by atoms with Gasteiger partial charge in [-0.15, -0.1) is 0 Å². The first-order chi connectivity index (χ1) is 15.1. The summed E-state index contributed by atoms with van der Waals surface area (Å²) in [6, 6.07) is 6.87. The molecule has 4 rings (SSSR count). The number of guanidine groups is 1. The molecule has 3 N–H and O–H groups in total. The molecule has 1 unspecified atom stereocenters. The van der Waals surface area contributed by atoms with Gasteiger partial charge in [0, 0.05) is 48.6 Å². The lowest BCUT2D eigenvalue weighted by molar-refractivity contribution is 0.391. The third-order valence-corrected chi connectivity index (χ3v) is 6.00. The van der Waals surface area contributed by atoms with Gasteiger partial charge in [0.1, 0.15) is 5.82 Å². The highest BCUT2D eigenvalue weighted by molar-refractivity contribution is 5.86. The number of nitrogens with one attached hydrogen (secondary N) is 3. The molecule has 1 atom stereocenters. The Labute approximate surface area is 184 Å². The first-order valence-electron chi connectivity index (χ1n) is 11.6. The van der Waals surface area contributed by atoms with Crippen LogP contribution in [-0.4, -0.2) is 44.8 Å². The van der Waals surface area contributed by atoms with Crippen LogP contribution in [0.5, 0.6) is 0 Å². The SMILES string of the molecule is CCNC(=NCCc1c[nH]c2c(CC)cccc12)NC1CCc2nc(C(C)C)nn2C1. The topological polar surface area (TPSA) is 82.9 Å². The van der Waals surface area contributed by atoms with Crippen LogP contribution in [0.2, 0.25) is 0 Å². The predicted octanol–water partition coefficient (Wildman–Crippen LogP) is 3.56. The van der Waals surface area contributed by atoms with Crippen molar-refractivity contribution in [2.24, 2.45) is 4.99 Å². The molecule has 0 saturated heterocycles. The fraction of sp³-hybridized carbons (Fsp3) is 0.542. The number of H-pyrrole nitrogens is 1. The van der Waals surface area contributed by atoms with Gasteiger partial charge in [-0.3, -0.25) is 4.99 Å². The number of aromatic amines is 1. The quantitative estimate of drug-likeness (QED) is 0.402. The molecule has 3 aromatic rings. The Morgan fingerprint density at radius 2 is 2.16 bits per heavy atom. The van der Waals surface area contributed by atoms with Crippen LogP contribution in [0.25, 0.3) is 10.9 Å². The molecule has 0 aliphatic carbocycles. The molecule has 1 aromatic carbocycles. The van der Waals surface area contributed by atoms with Crippen molar-refractivity contribution in [1.82, 2.24) is 30.4 Å². The monoisotopic (exact) mass is 421 g/mol. The Morgan fingerprint density at radius 3 is 2.94 bits per heavy atom. The molecule has 0 radical (unpaired) electrons. The molecular weight excluding hydrogens is 386 g/mol. The standard InChI is InChI=1S/C24H35N7/c1-5-17-8-7-9-20-18(14-27-22(17)20)12-13-26-24(25-6-2)28-19-10-11-21-29-23(16(3)4)30-31(21)15-19/h7-9,14,16,19,27H,5-6,10-13,15H2,1-4H3,(H2,25,26,28). The summed E-state index contributed by atoms with van der Waals surface area (Å²) in [5.74, 6) is 3.30. The summed E-state index contributed by atoms with van der Waals surface area (Å²) in [5.41, 5.74) is 3.96. The molecule has 31 heavy (non-hydrogen) atoms. The summed E-state index contributed by atoms with van der Waals surface area (Å²) in [6.45, 7) is 11.0. The lowest BCUT2D eigenvalue weighted by Gasteiger charge is -2.25. The normalized spacial score (nSPS) is 16.7. The third-order valence-electron chi connectivity index (χ3n) is 6.00. The molecule has 0 amide bonds. The van der Waals surface area contributed by atoms with Gasteiger partial charge in [-0.2, -0.15) is 5.10 Å². The van der Waals surface area contributed by atoms with Crippen molar-refractivity contribution < 1.29 is 0 Å². The number of aliphatic imine (C=N–C) groups is 1. The van der Waals surface area contributed by atoms with E-state index in [4.69, 9.17) is 15.1 Å². The van der Waals surface area contributed by atoms with Crippen molar-refractivity contribution in [2.45, 2.75) is 71.9 Å². The fourth-order valence-electron chi connectivity index (χ4n) is 4.27. The lowest BCUT2D eigenvalue weighted by atomic mass is 10.1. The molecule has 7 heteroatoms. The Balaban J connectivity index is 1.40. The van der Waals surface area contributed by atoms with Gasteiger partial charge in [-0.1, -0.05) is 39.0 Å². The summed E-state index contributed by atoms with van der Waals surface area (Å²) in [4.78, 5) is 13.0. The summed E-state index contributed by atoms with van der Waals surface area (Å²) < 4.78 is 2.07. The van der Waals surface area contributed by atoms with E-state index in [0.717, 1.165) is 62.9 Å². The van der Waals surface area contributed by atoms with E-state index in [9.17, 15) is 0 Å². The highest BCUT2D eigenvalue weighted by Gasteiger charge is 2.23. The zero-order valence-electron chi connectivity index (χ0n) is 19.2. The maximum absolute atomic E-state index is 4.86. The molecule has 3 heterocycles. The maximum atomic E-state index is 4.86. The first kappa shape index (κ1) is 21.4. The second-order valence-corrected chi connectivity index (χ2v) is 8.62. The number of aryl methyl sites for hydroxylation is 2. The molecule has 1 aliphatic rings. The van der Waals surface area contributed by atoms with Gasteiger partial charge in [0.25, 0.3) is 0 Å². The summed E-state index contributed by atoms with van der Waals surface area (Å²) in [6.07, 6.45) is 6.09. The van der Waals surface area contributed by atoms with Gasteiger partial charge >= 0.3 is 0 Å². The van der Waals surface area contributed by atoms with Crippen molar-refractivity contribution >= 4 is 16.9 Å². The predicted molar refractivity (Wildman–Crippen MR) is 127 cm³/mol. The second kappa shape index (κ2) is 9.54. The Bertz CT molecular complexity index is 1040. The van der Waals surface area contributed by atoms with Gasteiger partial charge in [0.2, 0.25) is 0 Å².